The molecule has 0 spiro atoms. The molecule has 0 aliphatic carbocycles. The Hall–Kier alpha value is -2.63. The van der Waals surface area contributed by atoms with Crippen LogP contribution in [0.4, 0.5) is 5.69 Å². The average molecular weight is 259 g/mol. The van der Waals surface area contributed by atoms with Crippen molar-refractivity contribution >= 4 is 17.6 Å². The van der Waals surface area contributed by atoms with Gasteiger partial charge in [0, 0.05) is 11.9 Å². The van der Waals surface area contributed by atoms with E-state index in [2.05, 4.69) is 20.0 Å². The number of para-hydroxylation sites is 1. The molecule has 0 atom stereocenters. The fourth-order valence-corrected chi connectivity index (χ4v) is 1.63. The monoisotopic (exact) mass is 259 g/mol. The van der Waals surface area contributed by atoms with Gasteiger partial charge in [-0.25, -0.2) is 9.78 Å². The number of esters is 1. The molecule has 1 amide bonds. The zero-order valence-electron chi connectivity index (χ0n) is 10.3. The van der Waals surface area contributed by atoms with E-state index < -0.39 is 5.97 Å². The third-order valence-electron chi connectivity index (χ3n) is 2.51. The zero-order chi connectivity index (χ0) is 13.7. The first kappa shape index (κ1) is 12.8. The minimum absolute atomic E-state index is 0.162. The molecule has 0 unspecified atom stereocenters. The van der Waals surface area contributed by atoms with Crippen LogP contribution in [0.2, 0.25) is 0 Å². The van der Waals surface area contributed by atoms with Gasteiger partial charge in [0.25, 0.3) is 0 Å². The van der Waals surface area contributed by atoms with Crippen molar-refractivity contribution in [2.75, 3.05) is 12.4 Å². The Bertz CT molecular complexity index is 579. The molecule has 6 heteroatoms. The Morgan fingerprint density at radius 3 is 2.84 bits per heavy atom. The van der Waals surface area contributed by atoms with Crippen LogP contribution in [0.15, 0.2) is 36.8 Å². The van der Waals surface area contributed by atoms with Crippen LogP contribution in [-0.2, 0) is 16.0 Å². The molecule has 2 rings (SSSR count). The number of aromatic amines is 1. The Labute approximate surface area is 109 Å². The van der Waals surface area contributed by atoms with Gasteiger partial charge in [-0.05, 0) is 12.1 Å². The highest BCUT2D eigenvalue weighted by Crippen LogP contribution is 2.16. The molecular weight excluding hydrogens is 246 g/mol. The van der Waals surface area contributed by atoms with Crippen LogP contribution in [0.3, 0.4) is 0 Å². The van der Waals surface area contributed by atoms with E-state index in [1.165, 1.54) is 13.4 Å². The van der Waals surface area contributed by atoms with Gasteiger partial charge >= 0.3 is 5.97 Å². The van der Waals surface area contributed by atoms with Crippen molar-refractivity contribution < 1.29 is 14.3 Å². The summed E-state index contributed by atoms with van der Waals surface area (Å²) < 4.78 is 4.66. The van der Waals surface area contributed by atoms with E-state index in [9.17, 15) is 9.59 Å². The minimum atomic E-state index is -0.488. The topological polar surface area (TPSA) is 84.1 Å². The van der Waals surface area contributed by atoms with Gasteiger partial charge in [-0.3, -0.25) is 4.79 Å². The number of nitrogens with one attached hydrogen (secondary N) is 2. The number of carbonyl (C=O) groups excluding carboxylic acids is 2. The summed E-state index contributed by atoms with van der Waals surface area (Å²) in [4.78, 5) is 30.0. The van der Waals surface area contributed by atoms with Crippen LogP contribution >= 0.6 is 0 Å². The van der Waals surface area contributed by atoms with E-state index >= 15 is 0 Å². The fraction of sp³-hybridized carbons (Fsp3) is 0.154. The lowest BCUT2D eigenvalue weighted by Gasteiger charge is -2.08. The Morgan fingerprint density at radius 1 is 1.37 bits per heavy atom. The molecule has 0 aliphatic heterocycles. The number of hydrogen-bond acceptors (Lipinski definition) is 4. The molecule has 2 aromatic rings. The molecule has 0 saturated heterocycles. The van der Waals surface area contributed by atoms with Crippen LogP contribution in [0, 0.1) is 0 Å². The number of imidazole rings is 1. The van der Waals surface area contributed by atoms with Crippen molar-refractivity contribution in [3.8, 4) is 0 Å². The number of carbonyl (C=O) groups is 2. The number of hydrogen-bond donors (Lipinski definition) is 2. The number of anilines is 1. The number of nitrogens with zero attached hydrogens (tertiary/aromatic N) is 1. The average Bonchev–Trinajstić information content (AvgIpc) is 2.91. The van der Waals surface area contributed by atoms with Gasteiger partial charge in [-0.2, -0.15) is 0 Å². The molecule has 0 saturated carbocycles. The quantitative estimate of drug-likeness (QED) is 0.812. The van der Waals surface area contributed by atoms with Crippen molar-refractivity contribution in [3.05, 3.63) is 48.0 Å². The first-order valence-electron chi connectivity index (χ1n) is 5.65. The Balaban J connectivity index is 2.10. The maximum atomic E-state index is 11.8. The molecule has 1 heterocycles. The zero-order valence-corrected chi connectivity index (χ0v) is 10.3. The maximum Gasteiger partial charge on any atom is 0.339 e. The molecule has 98 valence electrons. The summed E-state index contributed by atoms with van der Waals surface area (Å²) in [5, 5.41) is 2.68. The first-order valence-corrected chi connectivity index (χ1v) is 5.65. The molecule has 0 aliphatic rings. The molecule has 6 nitrogen and oxygen atoms in total. The van der Waals surface area contributed by atoms with Crippen LogP contribution < -0.4 is 5.32 Å². The summed E-state index contributed by atoms with van der Waals surface area (Å²) in [6, 6.07) is 6.68. The number of H-pyrrole nitrogens is 1. The summed E-state index contributed by atoms with van der Waals surface area (Å²) >= 11 is 0. The SMILES string of the molecule is COC(=O)c1ccccc1NC(=O)Cc1cnc[nH]1. The summed E-state index contributed by atoms with van der Waals surface area (Å²) in [6.07, 6.45) is 3.24. The van der Waals surface area contributed by atoms with Gasteiger partial charge < -0.3 is 15.0 Å². The second kappa shape index (κ2) is 5.81. The van der Waals surface area contributed by atoms with Crippen molar-refractivity contribution in [2.24, 2.45) is 0 Å². The standard InChI is InChI=1S/C13H13N3O3/c1-19-13(18)10-4-2-3-5-11(10)16-12(17)6-9-7-14-8-15-9/h2-5,7-8H,6H2,1H3,(H,14,15)(H,16,17). The van der Waals surface area contributed by atoms with Crippen LogP contribution in [0.5, 0.6) is 0 Å². The summed E-state index contributed by atoms with van der Waals surface area (Å²) in [5.74, 6) is -0.724. The predicted octanol–water partition coefficient (Wildman–Crippen LogP) is 1.38. The Kier molecular flexibility index (Phi) is 3.92. The number of rotatable bonds is 4. The van der Waals surface area contributed by atoms with Crippen LogP contribution in [-0.4, -0.2) is 29.0 Å². The second-order valence-electron chi connectivity index (χ2n) is 3.84. The van der Waals surface area contributed by atoms with E-state index in [4.69, 9.17) is 0 Å². The summed E-state index contributed by atoms with van der Waals surface area (Å²) in [5.41, 5.74) is 1.45. The maximum absolute atomic E-state index is 11.8. The van der Waals surface area contributed by atoms with E-state index in [1.54, 1.807) is 30.5 Å². The third-order valence-corrected chi connectivity index (χ3v) is 2.51. The molecule has 19 heavy (non-hydrogen) atoms. The van der Waals surface area contributed by atoms with Crippen LogP contribution in [0.25, 0.3) is 0 Å². The highest BCUT2D eigenvalue weighted by Gasteiger charge is 2.13. The van der Waals surface area contributed by atoms with E-state index in [0.717, 1.165) is 0 Å². The lowest BCUT2D eigenvalue weighted by atomic mass is 10.1. The highest BCUT2D eigenvalue weighted by atomic mass is 16.5. The largest absolute Gasteiger partial charge is 0.465 e. The van der Waals surface area contributed by atoms with E-state index in [1.807, 2.05) is 0 Å². The van der Waals surface area contributed by atoms with Gasteiger partial charge in [-0.1, -0.05) is 12.1 Å². The fourth-order valence-electron chi connectivity index (χ4n) is 1.63. The van der Waals surface area contributed by atoms with Gasteiger partial charge in [0.15, 0.2) is 0 Å². The first-order chi connectivity index (χ1) is 9.20. The van der Waals surface area contributed by atoms with Crippen molar-refractivity contribution in [1.29, 1.82) is 0 Å². The summed E-state index contributed by atoms with van der Waals surface area (Å²) in [7, 11) is 1.30. The van der Waals surface area contributed by atoms with Crippen molar-refractivity contribution in [1.82, 2.24) is 9.97 Å². The molecule has 0 radical (unpaired) electrons. The molecule has 0 bridgehead atoms. The molecule has 1 aromatic heterocycles. The van der Waals surface area contributed by atoms with Gasteiger partial charge in [-0.15, -0.1) is 0 Å². The number of amides is 1. The number of ether oxygens (including phenoxy) is 1. The van der Waals surface area contributed by atoms with Gasteiger partial charge in [0.05, 0.1) is 31.1 Å². The highest BCUT2D eigenvalue weighted by molar-refractivity contribution is 6.01. The number of methoxy groups -OCH3 is 1. The number of aromatic nitrogens is 2. The van der Waals surface area contributed by atoms with E-state index in [0.29, 0.717) is 16.9 Å². The molecule has 2 N–H and O–H groups in total. The van der Waals surface area contributed by atoms with Crippen LogP contribution in [0.1, 0.15) is 16.1 Å². The minimum Gasteiger partial charge on any atom is -0.465 e. The normalized spacial score (nSPS) is 9.95. The molecule has 0 fully saturated rings. The molecular formula is C13H13N3O3. The van der Waals surface area contributed by atoms with Gasteiger partial charge in [0.1, 0.15) is 0 Å². The smallest absolute Gasteiger partial charge is 0.339 e. The van der Waals surface area contributed by atoms with Gasteiger partial charge in [0.2, 0.25) is 5.91 Å². The van der Waals surface area contributed by atoms with E-state index in [-0.39, 0.29) is 12.3 Å². The second-order valence-corrected chi connectivity index (χ2v) is 3.84. The lowest BCUT2D eigenvalue weighted by molar-refractivity contribution is -0.115. The third kappa shape index (κ3) is 3.19. The van der Waals surface area contributed by atoms with Crippen molar-refractivity contribution in [3.63, 3.8) is 0 Å². The Morgan fingerprint density at radius 2 is 2.16 bits per heavy atom. The molecule has 1 aromatic carbocycles. The predicted molar refractivity (Wildman–Crippen MR) is 68.7 cm³/mol. The number of benzene rings is 1. The lowest BCUT2D eigenvalue weighted by Crippen LogP contribution is -2.17. The summed E-state index contributed by atoms with van der Waals surface area (Å²) in [6.45, 7) is 0. The van der Waals surface area contributed by atoms with Crippen molar-refractivity contribution in [2.45, 2.75) is 6.42 Å².